The van der Waals surface area contributed by atoms with E-state index in [1.165, 1.54) is 4.31 Å². The smallest absolute Gasteiger partial charge is 0.243 e. The Morgan fingerprint density at radius 3 is 2.21 bits per heavy atom. The summed E-state index contributed by atoms with van der Waals surface area (Å²) in [5.41, 5.74) is 3.22. The number of hydrogen-bond acceptors (Lipinski definition) is 4. The Morgan fingerprint density at radius 2 is 1.59 bits per heavy atom. The number of halogens is 1. The number of amides is 2. The van der Waals surface area contributed by atoms with Crippen LogP contribution in [0.15, 0.2) is 78.9 Å². The lowest BCUT2D eigenvalue weighted by Gasteiger charge is -2.32. The first kappa shape index (κ1) is 30.2. The van der Waals surface area contributed by atoms with Gasteiger partial charge in [-0.25, -0.2) is 8.42 Å². The molecule has 0 fully saturated rings. The lowest BCUT2D eigenvalue weighted by atomic mass is 10.0. The predicted octanol–water partition coefficient (Wildman–Crippen LogP) is 4.97. The molecule has 0 aromatic heterocycles. The zero-order valence-electron chi connectivity index (χ0n) is 22.6. The highest BCUT2D eigenvalue weighted by Crippen LogP contribution is 2.23. The molecule has 0 unspecified atom stereocenters. The Balaban J connectivity index is 1.86. The minimum Gasteiger partial charge on any atom is -0.355 e. The first-order valence-corrected chi connectivity index (χ1v) is 15.2. The molecule has 3 aromatic rings. The molecule has 0 radical (unpaired) electrons. The van der Waals surface area contributed by atoms with Crippen molar-refractivity contribution in [2.24, 2.45) is 0 Å². The summed E-state index contributed by atoms with van der Waals surface area (Å²) < 4.78 is 26.4. The normalized spacial score (nSPS) is 12.0. The number of benzene rings is 3. The molecule has 0 aliphatic rings. The maximum absolute atomic E-state index is 13.7. The van der Waals surface area contributed by atoms with Crippen LogP contribution < -0.4 is 9.62 Å². The molecule has 0 bridgehead atoms. The summed E-state index contributed by atoms with van der Waals surface area (Å²) in [5, 5.41) is 3.38. The average molecular weight is 570 g/mol. The number of sulfonamides is 1. The number of aryl methyl sites for hydroxylation is 1. The van der Waals surface area contributed by atoms with Crippen molar-refractivity contribution in [1.82, 2.24) is 10.2 Å². The van der Waals surface area contributed by atoms with Crippen LogP contribution >= 0.6 is 11.6 Å². The van der Waals surface area contributed by atoms with E-state index in [2.05, 4.69) is 5.32 Å². The van der Waals surface area contributed by atoms with E-state index in [1.54, 1.807) is 23.1 Å². The molecule has 0 heterocycles. The molecule has 0 spiro atoms. The number of carbonyl (C=O) groups is 2. The fourth-order valence-corrected chi connectivity index (χ4v) is 5.53. The first-order valence-electron chi connectivity index (χ1n) is 13.0. The van der Waals surface area contributed by atoms with E-state index in [0.717, 1.165) is 22.9 Å². The summed E-state index contributed by atoms with van der Waals surface area (Å²) in [6, 6.07) is 23.2. The van der Waals surface area contributed by atoms with E-state index >= 15 is 0 Å². The number of carbonyl (C=O) groups excluding carboxylic acids is 2. The van der Waals surface area contributed by atoms with Crippen molar-refractivity contribution >= 4 is 39.1 Å². The van der Waals surface area contributed by atoms with E-state index in [0.29, 0.717) is 23.7 Å². The zero-order valence-corrected chi connectivity index (χ0v) is 24.2. The predicted molar refractivity (Wildman–Crippen MR) is 157 cm³/mol. The molecular weight excluding hydrogens is 534 g/mol. The van der Waals surface area contributed by atoms with Gasteiger partial charge in [-0.15, -0.1) is 0 Å². The van der Waals surface area contributed by atoms with Crippen LogP contribution in [0.25, 0.3) is 0 Å². The topological polar surface area (TPSA) is 86.8 Å². The Hall–Kier alpha value is -3.36. The van der Waals surface area contributed by atoms with Crippen LogP contribution in [-0.4, -0.2) is 50.5 Å². The summed E-state index contributed by atoms with van der Waals surface area (Å²) in [6.45, 7) is 4.49. The minimum absolute atomic E-state index is 0.0625. The van der Waals surface area contributed by atoms with Gasteiger partial charge >= 0.3 is 0 Å². The van der Waals surface area contributed by atoms with Crippen molar-refractivity contribution in [2.45, 2.75) is 45.7 Å². The van der Waals surface area contributed by atoms with Crippen LogP contribution in [0.4, 0.5) is 5.69 Å². The SMILES string of the molecule is CCNC(=O)[C@@H](Cc1ccccc1)N(Cc1ccccc1Cl)C(=O)CCCN(c1ccc(C)cc1)S(C)(=O)=O. The molecule has 39 heavy (non-hydrogen) atoms. The molecular formula is C30H36ClN3O4S. The van der Waals surface area contributed by atoms with Crippen molar-refractivity contribution in [1.29, 1.82) is 0 Å². The monoisotopic (exact) mass is 569 g/mol. The van der Waals surface area contributed by atoms with Gasteiger partial charge < -0.3 is 10.2 Å². The zero-order chi connectivity index (χ0) is 28.4. The maximum Gasteiger partial charge on any atom is 0.243 e. The Morgan fingerprint density at radius 1 is 0.949 bits per heavy atom. The maximum atomic E-state index is 13.7. The highest BCUT2D eigenvalue weighted by Gasteiger charge is 2.30. The Bertz CT molecular complexity index is 1350. The largest absolute Gasteiger partial charge is 0.355 e. The minimum atomic E-state index is -3.55. The van der Waals surface area contributed by atoms with Crippen molar-refractivity contribution in [3.8, 4) is 0 Å². The quantitative estimate of drug-likeness (QED) is 0.315. The van der Waals surface area contributed by atoms with Crippen LogP contribution in [0.5, 0.6) is 0 Å². The van der Waals surface area contributed by atoms with Gasteiger partial charge in [0.05, 0.1) is 11.9 Å². The van der Waals surface area contributed by atoms with Crippen molar-refractivity contribution in [3.05, 3.63) is 101 Å². The van der Waals surface area contributed by atoms with Crippen molar-refractivity contribution in [2.75, 3.05) is 23.7 Å². The van der Waals surface area contributed by atoms with Gasteiger partial charge in [0.15, 0.2) is 0 Å². The first-order chi connectivity index (χ1) is 18.6. The number of rotatable bonds is 13. The molecule has 0 aliphatic heterocycles. The molecule has 1 N–H and O–H groups in total. The lowest BCUT2D eigenvalue weighted by Crippen LogP contribution is -2.50. The van der Waals surface area contributed by atoms with Crippen LogP contribution in [-0.2, 0) is 32.6 Å². The Labute approximate surface area is 236 Å². The van der Waals surface area contributed by atoms with Crippen molar-refractivity contribution in [3.63, 3.8) is 0 Å². The van der Waals surface area contributed by atoms with Gasteiger partial charge in [0, 0.05) is 37.5 Å². The van der Waals surface area contributed by atoms with Gasteiger partial charge in [0.2, 0.25) is 21.8 Å². The molecule has 1 atom stereocenters. The fourth-order valence-electron chi connectivity index (χ4n) is 4.37. The van der Waals surface area contributed by atoms with Gasteiger partial charge in [-0.2, -0.15) is 0 Å². The fraction of sp³-hybridized carbons (Fsp3) is 0.333. The van der Waals surface area contributed by atoms with Crippen LogP contribution in [0.1, 0.15) is 36.5 Å². The molecule has 0 saturated heterocycles. The highest BCUT2D eigenvalue weighted by molar-refractivity contribution is 7.92. The molecule has 0 saturated carbocycles. The number of anilines is 1. The summed E-state index contributed by atoms with van der Waals surface area (Å²) in [6.07, 6.45) is 1.84. The van der Waals surface area contributed by atoms with Gasteiger partial charge in [0.25, 0.3) is 0 Å². The highest BCUT2D eigenvalue weighted by atomic mass is 35.5. The van der Waals surface area contributed by atoms with Gasteiger partial charge in [-0.05, 0) is 49.6 Å². The second-order valence-corrected chi connectivity index (χ2v) is 11.8. The van der Waals surface area contributed by atoms with E-state index in [4.69, 9.17) is 11.6 Å². The van der Waals surface area contributed by atoms with Gasteiger partial charge in [-0.3, -0.25) is 13.9 Å². The van der Waals surface area contributed by atoms with E-state index in [9.17, 15) is 18.0 Å². The second kappa shape index (κ2) is 14.1. The average Bonchev–Trinajstić information content (AvgIpc) is 2.90. The molecule has 0 aliphatic carbocycles. The third kappa shape index (κ3) is 8.83. The molecule has 3 rings (SSSR count). The molecule has 2 amide bonds. The number of hydrogen-bond donors (Lipinski definition) is 1. The van der Waals surface area contributed by atoms with E-state index in [-0.39, 0.29) is 37.7 Å². The number of nitrogens with zero attached hydrogens (tertiary/aromatic N) is 2. The Kier molecular flexibility index (Phi) is 10.9. The molecule has 7 nitrogen and oxygen atoms in total. The standard InChI is InChI=1S/C30H36ClN3O4S/c1-4-32-30(36)28(21-24-11-6-5-7-12-24)33(22-25-13-8-9-14-27(25)31)29(35)15-10-20-34(39(3,37)38)26-18-16-23(2)17-19-26/h5-9,11-14,16-19,28H,4,10,15,20-22H2,1-3H3,(H,32,36)/t28-/m1/s1. The van der Waals surface area contributed by atoms with E-state index < -0.39 is 16.1 Å². The van der Waals surface area contributed by atoms with E-state index in [1.807, 2.05) is 74.5 Å². The molecule has 9 heteroatoms. The van der Waals surface area contributed by atoms with Crippen LogP contribution in [0.3, 0.4) is 0 Å². The number of likely N-dealkylation sites (N-methyl/N-ethyl adjacent to an activating group) is 1. The summed E-state index contributed by atoms with van der Waals surface area (Å²) in [7, 11) is -3.55. The third-order valence-electron chi connectivity index (χ3n) is 6.39. The molecule has 3 aromatic carbocycles. The lowest BCUT2D eigenvalue weighted by molar-refractivity contribution is -0.141. The second-order valence-electron chi connectivity index (χ2n) is 9.49. The van der Waals surface area contributed by atoms with Crippen molar-refractivity contribution < 1.29 is 18.0 Å². The molecule has 208 valence electrons. The number of nitrogens with one attached hydrogen (secondary N) is 1. The van der Waals surface area contributed by atoms with Gasteiger partial charge in [0.1, 0.15) is 6.04 Å². The summed E-state index contributed by atoms with van der Waals surface area (Å²) >= 11 is 6.44. The van der Waals surface area contributed by atoms with Crippen LogP contribution in [0.2, 0.25) is 5.02 Å². The third-order valence-corrected chi connectivity index (χ3v) is 7.96. The summed E-state index contributed by atoms with van der Waals surface area (Å²) in [4.78, 5) is 28.6. The summed E-state index contributed by atoms with van der Waals surface area (Å²) in [5.74, 6) is -0.501. The van der Waals surface area contributed by atoms with Crippen LogP contribution in [0, 0.1) is 6.92 Å². The van der Waals surface area contributed by atoms with Gasteiger partial charge in [-0.1, -0.05) is 77.8 Å².